The van der Waals surface area contributed by atoms with Crippen LogP contribution in [0, 0.1) is 0 Å². The average molecular weight is 185 g/mol. The van der Waals surface area contributed by atoms with E-state index in [1.807, 2.05) is 7.05 Å². The van der Waals surface area contributed by atoms with Crippen LogP contribution in [0.2, 0.25) is 0 Å². The zero-order valence-corrected chi connectivity index (χ0v) is 8.32. The van der Waals surface area contributed by atoms with Crippen molar-refractivity contribution in [2.45, 2.75) is 19.4 Å². The summed E-state index contributed by atoms with van der Waals surface area (Å²) in [5, 5.41) is 12.1. The van der Waals surface area contributed by atoms with Gasteiger partial charge in [0, 0.05) is 9.75 Å². The lowest BCUT2D eigenvalue weighted by molar-refractivity contribution is 0.253. The van der Waals surface area contributed by atoms with Gasteiger partial charge in [-0.05, 0) is 25.6 Å². The fourth-order valence-corrected chi connectivity index (χ4v) is 2.15. The van der Waals surface area contributed by atoms with E-state index in [0.717, 1.165) is 6.42 Å². The van der Waals surface area contributed by atoms with E-state index in [-0.39, 0.29) is 12.6 Å². The Morgan fingerprint density at radius 2 is 2.33 bits per heavy atom. The van der Waals surface area contributed by atoms with Crippen LogP contribution in [0.15, 0.2) is 12.1 Å². The lowest BCUT2D eigenvalue weighted by Crippen LogP contribution is -2.18. The second-order valence-electron chi connectivity index (χ2n) is 2.68. The van der Waals surface area contributed by atoms with E-state index in [0.29, 0.717) is 0 Å². The van der Waals surface area contributed by atoms with E-state index in [1.54, 1.807) is 11.3 Å². The van der Waals surface area contributed by atoms with Crippen molar-refractivity contribution in [1.82, 2.24) is 5.32 Å². The fraction of sp³-hybridized carbons (Fsp3) is 0.556. The van der Waals surface area contributed by atoms with Gasteiger partial charge in [0.05, 0.1) is 12.6 Å². The Morgan fingerprint density at radius 1 is 1.58 bits per heavy atom. The number of nitrogens with one attached hydrogen (secondary N) is 1. The van der Waals surface area contributed by atoms with Crippen molar-refractivity contribution in [3.05, 3.63) is 21.9 Å². The van der Waals surface area contributed by atoms with Crippen molar-refractivity contribution in [3.63, 3.8) is 0 Å². The van der Waals surface area contributed by atoms with Gasteiger partial charge >= 0.3 is 0 Å². The topological polar surface area (TPSA) is 32.3 Å². The van der Waals surface area contributed by atoms with Crippen LogP contribution in [0.4, 0.5) is 0 Å². The van der Waals surface area contributed by atoms with Crippen LogP contribution in [0.1, 0.15) is 22.7 Å². The largest absolute Gasteiger partial charge is 0.394 e. The van der Waals surface area contributed by atoms with E-state index in [4.69, 9.17) is 5.11 Å². The number of likely N-dealkylation sites (N-methyl/N-ethyl adjacent to an activating group) is 1. The molecule has 0 saturated heterocycles. The molecule has 1 unspecified atom stereocenters. The van der Waals surface area contributed by atoms with Crippen molar-refractivity contribution in [2.75, 3.05) is 13.7 Å². The molecule has 0 fully saturated rings. The van der Waals surface area contributed by atoms with E-state index in [9.17, 15) is 0 Å². The van der Waals surface area contributed by atoms with Gasteiger partial charge in [0.1, 0.15) is 0 Å². The van der Waals surface area contributed by atoms with Gasteiger partial charge in [-0.1, -0.05) is 6.92 Å². The van der Waals surface area contributed by atoms with Crippen molar-refractivity contribution in [3.8, 4) is 0 Å². The highest BCUT2D eigenvalue weighted by atomic mass is 32.1. The van der Waals surface area contributed by atoms with E-state index < -0.39 is 0 Å². The van der Waals surface area contributed by atoms with Gasteiger partial charge < -0.3 is 10.4 Å². The molecule has 0 aromatic carbocycles. The average Bonchev–Trinajstić information content (AvgIpc) is 2.55. The summed E-state index contributed by atoms with van der Waals surface area (Å²) >= 11 is 1.77. The Labute approximate surface area is 77.2 Å². The summed E-state index contributed by atoms with van der Waals surface area (Å²) in [5.41, 5.74) is 0. The van der Waals surface area contributed by atoms with Crippen LogP contribution in [0.3, 0.4) is 0 Å². The highest BCUT2D eigenvalue weighted by molar-refractivity contribution is 7.12. The predicted octanol–water partition coefficient (Wildman–Crippen LogP) is 1.56. The molecule has 0 aliphatic rings. The maximum absolute atomic E-state index is 9.01. The molecule has 68 valence electrons. The summed E-state index contributed by atoms with van der Waals surface area (Å²) in [7, 11) is 1.87. The van der Waals surface area contributed by atoms with Crippen LogP contribution in [-0.4, -0.2) is 18.8 Å². The van der Waals surface area contributed by atoms with E-state index >= 15 is 0 Å². The van der Waals surface area contributed by atoms with Crippen LogP contribution in [-0.2, 0) is 6.42 Å². The molecule has 1 aromatic rings. The lowest BCUT2D eigenvalue weighted by Gasteiger charge is -2.09. The minimum absolute atomic E-state index is 0.107. The number of hydrogen-bond donors (Lipinski definition) is 2. The molecule has 0 saturated carbocycles. The van der Waals surface area contributed by atoms with Crippen molar-refractivity contribution in [1.29, 1.82) is 0 Å². The van der Waals surface area contributed by atoms with E-state index in [2.05, 4.69) is 24.4 Å². The number of aliphatic hydroxyl groups is 1. The number of hydrogen-bond acceptors (Lipinski definition) is 3. The van der Waals surface area contributed by atoms with Gasteiger partial charge in [-0.15, -0.1) is 11.3 Å². The predicted molar refractivity (Wildman–Crippen MR) is 52.6 cm³/mol. The molecule has 1 aromatic heterocycles. The Bertz CT molecular complexity index is 230. The molecule has 2 N–H and O–H groups in total. The molecule has 1 rings (SSSR count). The lowest BCUT2D eigenvalue weighted by atomic mass is 10.2. The summed E-state index contributed by atoms with van der Waals surface area (Å²) in [6.45, 7) is 2.31. The first-order valence-electron chi connectivity index (χ1n) is 4.18. The molecule has 0 aliphatic carbocycles. The Kier molecular flexibility index (Phi) is 3.72. The van der Waals surface area contributed by atoms with Crippen LogP contribution < -0.4 is 5.32 Å². The van der Waals surface area contributed by atoms with Gasteiger partial charge in [-0.2, -0.15) is 0 Å². The standard InChI is InChI=1S/C9H15NOS/c1-3-7-4-5-9(12-7)8(6-11)10-2/h4-5,8,10-11H,3,6H2,1-2H3. The van der Waals surface area contributed by atoms with Crippen LogP contribution in [0.25, 0.3) is 0 Å². The Morgan fingerprint density at radius 3 is 2.75 bits per heavy atom. The zero-order valence-electron chi connectivity index (χ0n) is 7.50. The first kappa shape index (κ1) is 9.71. The molecule has 2 nitrogen and oxygen atoms in total. The van der Waals surface area contributed by atoms with Crippen molar-refractivity contribution < 1.29 is 5.11 Å². The maximum Gasteiger partial charge on any atom is 0.0647 e. The normalized spacial score (nSPS) is 13.2. The Balaban J connectivity index is 2.72. The van der Waals surface area contributed by atoms with Gasteiger partial charge in [0.15, 0.2) is 0 Å². The molecule has 3 heteroatoms. The molecule has 0 spiro atoms. The zero-order chi connectivity index (χ0) is 8.97. The summed E-state index contributed by atoms with van der Waals surface area (Å²) in [4.78, 5) is 2.59. The summed E-state index contributed by atoms with van der Waals surface area (Å²) in [6.07, 6.45) is 1.08. The minimum Gasteiger partial charge on any atom is -0.394 e. The number of aliphatic hydroxyl groups excluding tert-OH is 1. The third-order valence-corrected chi connectivity index (χ3v) is 3.25. The molecular weight excluding hydrogens is 170 g/mol. The molecule has 0 aliphatic heterocycles. The third kappa shape index (κ3) is 2.06. The fourth-order valence-electron chi connectivity index (χ4n) is 1.10. The number of aryl methyl sites for hydroxylation is 1. The smallest absolute Gasteiger partial charge is 0.0647 e. The molecule has 0 amide bonds. The SMILES string of the molecule is CCc1ccc(C(CO)NC)s1. The summed E-state index contributed by atoms with van der Waals surface area (Å²) < 4.78 is 0. The first-order chi connectivity index (χ1) is 5.81. The second kappa shape index (κ2) is 4.60. The number of rotatable bonds is 4. The van der Waals surface area contributed by atoms with Gasteiger partial charge in [0.25, 0.3) is 0 Å². The molecule has 0 bridgehead atoms. The molecular formula is C9H15NOS. The molecule has 0 radical (unpaired) electrons. The maximum atomic E-state index is 9.01. The Hall–Kier alpha value is -0.380. The first-order valence-corrected chi connectivity index (χ1v) is 5.00. The molecule has 1 atom stereocenters. The minimum atomic E-state index is 0.107. The number of thiophene rings is 1. The van der Waals surface area contributed by atoms with E-state index in [1.165, 1.54) is 9.75 Å². The van der Waals surface area contributed by atoms with Gasteiger partial charge in [0.2, 0.25) is 0 Å². The highest BCUT2D eigenvalue weighted by Crippen LogP contribution is 2.22. The van der Waals surface area contributed by atoms with Gasteiger partial charge in [-0.3, -0.25) is 0 Å². The van der Waals surface area contributed by atoms with Crippen molar-refractivity contribution >= 4 is 11.3 Å². The summed E-state index contributed by atoms with van der Waals surface area (Å²) in [5.74, 6) is 0. The van der Waals surface area contributed by atoms with Gasteiger partial charge in [-0.25, -0.2) is 0 Å². The summed E-state index contributed by atoms with van der Waals surface area (Å²) in [6, 6.07) is 4.32. The highest BCUT2D eigenvalue weighted by Gasteiger charge is 2.09. The quantitative estimate of drug-likeness (QED) is 0.746. The molecule has 12 heavy (non-hydrogen) atoms. The van der Waals surface area contributed by atoms with Crippen LogP contribution in [0.5, 0.6) is 0 Å². The molecule has 1 heterocycles. The van der Waals surface area contributed by atoms with Crippen LogP contribution >= 0.6 is 11.3 Å². The van der Waals surface area contributed by atoms with Crippen molar-refractivity contribution in [2.24, 2.45) is 0 Å². The monoisotopic (exact) mass is 185 g/mol. The third-order valence-electron chi connectivity index (χ3n) is 1.91. The second-order valence-corrected chi connectivity index (χ2v) is 3.88.